The largest absolute Gasteiger partial charge is 0.381 e. The van der Waals surface area contributed by atoms with Crippen LogP contribution in [0.1, 0.15) is 51.4 Å². The molecule has 2 fully saturated rings. The van der Waals surface area contributed by atoms with Gasteiger partial charge in [-0.3, -0.25) is 4.79 Å². The summed E-state index contributed by atoms with van der Waals surface area (Å²) in [4.78, 5) is 14.1. The minimum atomic E-state index is 0.355. The van der Waals surface area contributed by atoms with E-state index in [-0.39, 0.29) is 0 Å². The smallest absolute Gasteiger partial charge is 0.222 e. The highest BCUT2D eigenvalue weighted by molar-refractivity contribution is 5.76. The third-order valence-electron chi connectivity index (χ3n) is 4.49. The number of nitrogens with zero attached hydrogens (tertiary/aromatic N) is 1. The van der Waals surface area contributed by atoms with E-state index in [0.29, 0.717) is 17.7 Å². The molecule has 1 heterocycles. The van der Waals surface area contributed by atoms with Crippen LogP contribution in [0.3, 0.4) is 0 Å². The summed E-state index contributed by atoms with van der Waals surface area (Å²) in [5.41, 5.74) is 0. The number of carbonyl (C=O) groups excluding carboxylic acids is 1. The van der Waals surface area contributed by atoms with Crippen LogP contribution in [0.2, 0.25) is 0 Å². The van der Waals surface area contributed by atoms with E-state index >= 15 is 0 Å². The van der Waals surface area contributed by atoms with Crippen molar-refractivity contribution >= 4 is 5.91 Å². The highest BCUT2D eigenvalue weighted by Gasteiger charge is 2.22. The lowest BCUT2D eigenvalue weighted by molar-refractivity contribution is -0.132. The summed E-state index contributed by atoms with van der Waals surface area (Å²) in [6.45, 7) is 2.67. The first kappa shape index (κ1) is 13.9. The first-order valence-electron chi connectivity index (χ1n) is 7.57. The summed E-state index contributed by atoms with van der Waals surface area (Å²) in [5.74, 6) is 1.66. The summed E-state index contributed by atoms with van der Waals surface area (Å²) in [6.07, 6.45) is 9.53. The van der Waals surface area contributed by atoms with Gasteiger partial charge < -0.3 is 9.64 Å². The zero-order valence-electron chi connectivity index (χ0n) is 11.7. The number of carbonyl (C=O) groups is 1. The summed E-state index contributed by atoms with van der Waals surface area (Å²) >= 11 is 0. The Bertz CT molecular complexity index is 255. The topological polar surface area (TPSA) is 29.5 Å². The fourth-order valence-corrected chi connectivity index (χ4v) is 3.21. The average molecular weight is 253 g/mol. The number of hydrogen-bond acceptors (Lipinski definition) is 2. The van der Waals surface area contributed by atoms with Crippen LogP contribution in [0.4, 0.5) is 0 Å². The van der Waals surface area contributed by atoms with Crippen LogP contribution in [0.25, 0.3) is 0 Å². The zero-order chi connectivity index (χ0) is 12.8. The quantitative estimate of drug-likeness (QED) is 0.771. The molecule has 1 aliphatic heterocycles. The molecule has 1 saturated heterocycles. The Morgan fingerprint density at radius 2 is 1.72 bits per heavy atom. The van der Waals surface area contributed by atoms with Crippen LogP contribution in [0.5, 0.6) is 0 Å². The Balaban J connectivity index is 1.69. The first-order chi connectivity index (χ1) is 8.75. The van der Waals surface area contributed by atoms with Gasteiger partial charge in [0.05, 0.1) is 0 Å². The van der Waals surface area contributed by atoms with E-state index < -0.39 is 0 Å². The molecule has 1 aliphatic carbocycles. The number of amides is 1. The highest BCUT2D eigenvalue weighted by atomic mass is 16.5. The average Bonchev–Trinajstić information content (AvgIpc) is 2.41. The molecule has 104 valence electrons. The SMILES string of the molecule is CN(CC1CCOCC1)C(=O)CC1CCCCC1. The van der Waals surface area contributed by atoms with Gasteiger partial charge in [-0.25, -0.2) is 0 Å². The third-order valence-corrected chi connectivity index (χ3v) is 4.49. The Kier molecular flexibility index (Phi) is 5.48. The summed E-state index contributed by atoms with van der Waals surface area (Å²) in [6, 6.07) is 0. The van der Waals surface area contributed by atoms with Crippen molar-refractivity contribution in [2.45, 2.75) is 51.4 Å². The van der Waals surface area contributed by atoms with Gasteiger partial charge in [-0.15, -0.1) is 0 Å². The number of rotatable bonds is 4. The molecule has 18 heavy (non-hydrogen) atoms. The fraction of sp³-hybridized carbons (Fsp3) is 0.933. The van der Waals surface area contributed by atoms with E-state index in [9.17, 15) is 4.79 Å². The van der Waals surface area contributed by atoms with Gasteiger partial charge in [-0.1, -0.05) is 19.3 Å². The van der Waals surface area contributed by atoms with Crippen molar-refractivity contribution in [3.8, 4) is 0 Å². The maximum atomic E-state index is 12.2. The second-order valence-corrected chi connectivity index (χ2v) is 6.04. The zero-order valence-corrected chi connectivity index (χ0v) is 11.7. The van der Waals surface area contributed by atoms with Crippen LogP contribution in [0, 0.1) is 11.8 Å². The molecule has 2 aliphatic rings. The molecular formula is C15H27NO2. The maximum absolute atomic E-state index is 12.2. The molecule has 2 rings (SSSR count). The molecule has 3 nitrogen and oxygen atoms in total. The maximum Gasteiger partial charge on any atom is 0.222 e. The van der Waals surface area contributed by atoms with E-state index in [0.717, 1.165) is 39.0 Å². The molecule has 0 aromatic heterocycles. The lowest BCUT2D eigenvalue weighted by atomic mass is 9.86. The third kappa shape index (κ3) is 4.27. The van der Waals surface area contributed by atoms with Gasteiger partial charge in [0, 0.05) is 33.2 Å². The first-order valence-corrected chi connectivity index (χ1v) is 7.57. The van der Waals surface area contributed by atoms with Crippen molar-refractivity contribution in [2.24, 2.45) is 11.8 Å². The van der Waals surface area contributed by atoms with E-state index in [1.54, 1.807) is 0 Å². The van der Waals surface area contributed by atoms with Gasteiger partial charge in [0.15, 0.2) is 0 Å². The van der Waals surface area contributed by atoms with E-state index in [1.165, 1.54) is 32.1 Å². The predicted octanol–water partition coefficient (Wildman–Crippen LogP) is 2.84. The molecule has 0 spiro atoms. The van der Waals surface area contributed by atoms with Gasteiger partial charge in [-0.05, 0) is 37.5 Å². The van der Waals surface area contributed by atoms with E-state index in [2.05, 4.69) is 0 Å². The molecule has 0 unspecified atom stereocenters. The Morgan fingerprint density at radius 3 is 2.39 bits per heavy atom. The van der Waals surface area contributed by atoms with Gasteiger partial charge >= 0.3 is 0 Å². The van der Waals surface area contributed by atoms with Gasteiger partial charge in [0.2, 0.25) is 5.91 Å². The van der Waals surface area contributed by atoms with E-state index in [4.69, 9.17) is 4.74 Å². The van der Waals surface area contributed by atoms with Crippen molar-refractivity contribution in [3.05, 3.63) is 0 Å². The monoisotopic (exact) mass is 253 g/mol. The summed E-state index contributed by atoms with van der Waals surface area (Å²) in [7, 11) is 1.97. The van der Waals surface area contributed by atoms with E-state index in [1.807, 2.05) is 11.9 Å². The Morgan fingerprint density at radius 1 is 1.06 bits per heavy atom. The van der Waals surface area contributed by atoms with Crippen molar-refractivity contribution in [3.63, 3.8) is 0 Å². The normalized spacial score (nSPS) is 22.9. The summed E-state index contributed by atoms with van der Waals surface area (Å²) in [5, 5.41) is 0. The predicted molar refractivity (Wildman–Crippen MR) is 72.4 cm³/mol. The van der Waals surface area contributed by atoms with Crippen LogP contribution < -0.4 is 0 Å². The second-order valence-electron chi connectivity index (χ2n) is 6.04. The molecule has 0 aromatic rings. The molecule has 0 N–H and O–H groups in total. The van der Waals surface area contributed by atoms with Crippen molar-refractivity contribution in [1.82, 2.24) is 4.90 Å². The number of ether oxygens (including phenoxy) is 1. The minimum Gasteiger partial charge on any atom is -0.381 e. The second kappa shape index (κ2) is 7.13. The molecular weight excluding hydrogens is 226 g/mol. The van der Waals surface area contributed by atoms with Crippen LogP contribution >= 0.6 is 0 Å². The summed E-state index contributed by atoms with van der Waals surface area (Å²) < 4.78 is 5.36. The van der Waals surface area contributed by atoms with Crippen molar-refractivity contribution < 1.29 is 9.53 Å². The van der Waals surface area contributed by atoms with Gasteiger partial charge in [-0.2, -0.15) is 0 Å². The molecule has 1 saturated carbocycles. The molecule has 1 amide bonds. The Hall–Kier alpha value is -0.570. The molecule has 3 heteroatoms. The lowest BCUT2D eigenvalue weighted by Gasteiger charge is -2.29. The molecule has 0 bridgehead atoms. The standard InChI is InChI=1S/C15H27NO2/c1-16(12-14-7-9-18-10-8-14)15(17)11-13-5-3-2-4-6-13/h13-14H,2-12H2,1H3. The molecule has 0 atom stereocenters. The van der Waals surface area contributed by atoms with Crippen LogP contribution in [-0.2, 0) is 9.53 Å². The fourth-order valence-electron chi connectivity index (χ4n) is 3.21. The molecule has 0 aromatic carbocycles. The Labute approximate surface area is 111 Å². The highest BCUT2D eigenvalue weighted by Crippen LogP contribution is 2.27. The van der Waals surface area contributed by atoms with Crippen LogP contribution in [-0.4, -0.2) is 37.6 Å². The lowest BCUT2D eigenvalue weighted by Crippen LogP contribution is -2.35. The molecule has 0 radical (unpaired) electrons. The van der Waals surface area contributed by atoms with Crippen LogP contribution in [0.15, 0.2) is 0 Å². The van der Waals surface area contributed by atoms with Gasteiger partial charge in [0.1, 0.15) is 0 Å². The number of hydrogen-bond donors (Lipinski definition) is 0. The minimum absolute atomic E-state index is 0.355. The van der Waals surface area contributed by atoms with Gasteiger partial charge in [0.25, 0.3) is 0 Å². The van der Waals surface area contributed by atoms with Crippen molar-refractivity contribution in [1.29, 1.82) is 0 Å². The van der Waals surface area contributed by atoms with Crippen molar-refractivity contribution in [2.75, 3.05) is 26.8 Å².